The predicted octanol–water partition coefficient (Wildman–Crippen LogP) is 3.31. The molecule has 14 heavy (non-hydrogen) atoms. The highest BCUT2D eigenvalue weighted by Crippen LogP contribution is 2.25. The molecule has 2 rings (SSSR count). The van der Waals surface area contributed by atoms with E-state index in [0.29, 0.717) is 0 Å². The van der Waals surface area contributed by atoms with E-state index in [-0.39, 0.29) is 0 Å². The number of rotatable bonds is 3. The van der Waals surface area contributed by atoms with E-state index >= 15 is 0 Å². The van der Waals surface area contributed by atoms with Crippen molar-refractivity contribution in [3.05, 3.63) is 30.3 Å². The van der Waals surface area contributed by atoms with Gasteiger partial charge in [0.15, 0.2) is 0 Å². The highest BCUT2D eigenvalue weighted by molar-refractivity contribution is 5.46. The molecule has 0 spiro atoms. The van der Waals surface area contributed by atoms with Crippen molar-refractivity contribution in [2.45, 2.75) is 26.2 Å². The summed E-state index contributed by atoms with van der Waals surface area (Å²) in [4.78, 5) is 2.51. The van der Waals surface area contributed by atoms with Crippen LogP contribution in [0.15, 0.2) is 30.3 Å². The van der Waals surface area contributed by atoms with Crippen LogP contribution in [0.1, 0.15) is 26.2 Å². The Kier molecular flexibility index (Phi) is 3.07. The van der Waals surface area contributed by atoms with Crippen molar-refractivity contribution in [1.82, 2.24) is 0 Å². The molecule has 0 bridgehead atoms. The molecule has 1 fully saturated rings. The van der Waals surface area contributed by atoms with E-state index in [2.05, 4.69) is 42.2 Å². The minimum atomic E-state index is 0.931. The molecule has 1 saturated heterocycles. The van der Waals surface area contributed by atoms with Crippen LogP contribution in [-0.4, -0.2) is 13.1 Å². The molecule has 1 aromatic rings. The topological polar surface area (TPSA) is 3.24 Å². The van der Waals surface area contributed by atoms with Crippen LogP contribution < -0.4 is 4.90 Å². The third-order valence-electron chi connectivity index (χ3n) is 3.10. The average molecular weight is 189 g/mol. The van der Waals surface area contributed by atoms with Gasteiger partial charge in [0.05, 0.1) is 0 Å². The van der Waals surface area contributed by atoms with Gasteiger partial charge in [0, 0.05) is 18.8 Å². The van der Waals surface area contributed by atoms with Crippen LogP contribution in [0.4, 0.5) is 5.69 Å². The van der Waals surface area contributed by atoms with Gasteiger partial charge in [-0.15, -0.1) is 0 Å². The zero-order chi connectivity index (χ0) is 9.80. The summed E-state index contributed by atoms with van der Waals surface area (Å²) in [6, 6.07) is 10.8. The van der Waals surface area contributed by atoms with Gasteiger partial charge in [0.1, 0.15) is 0 Å². The van der Waals surface area contributed by atoms with Crippen LogP contribution in [0.25, 0.3) is 0 Å². The summed E-state index contributed by atoms with van der Waals surface area (Å²) < 4.78 is 0. The second kappa shape index (κ2) is 4.50. The fourth-order valence-corrected chi connectivity index (χ4v) is 2.35. The molecule has 76 valence electrons. The van der Waals surface area contributed by atoms with Crippen LogP contribution in [0.3, 0.4) is 0 Å². The quantitative estimate of drug-likeness (QED) is 0.705. The standard InChI is InChI=1S/C13H19N/c1-2-6-12-9-10-14(11-12)13-7-4-3-5-8-13/h3-5,7-8,12H,2,6,9-11H2,1H3. The lowest BCUT2D eigenvalue weighted by atomic mass is 10.0. The molecule has 0 N–H and O–H groups in total. The van der Waals surface area contributed by atoms with Crippen molar-refractivity contribution in [3.63, 3.8) is 0 Å². The van der Waals surface area contributed by atoms with Crippen molar-refractivity contribution in [3.8, 4) is 0 Å². The van der Waals surface area contributed by atoms with Gasteiger partial charge in [0.25, 0.3) is 0 Å². The van der Waals surface area contributed by atoms with E-state index in [1.54, 1.807) is 0 Å². The molecule has 0 aliphatic carbocycles. The Bertz CT molecular complexity index is 268. The Morgan fingerprint density at radius 2 is 2.07 bits per heavy atom. The molecule has 1 nitrogen and oxygen atoms in total. The maximum atomic E-state index is 2.51. The Morgan fingerprint density at radius 3 is 2.79 bits per heavy atom. The molecule has 1 aliphatic heterocycles. The van der Waals surface area contributed by atoms with Crippen molar-refractivity contribution in [2.24, 2.45) is 5.92 Å². The SMILES string of the molecule is CCCC1CCN(c2ccccc2)C1. The van der Waals surface area contributed by atoms with Gasteiger partial charge in [-0.1, -0.05) is 31.5 Å². The summed E-state index contributed by atoms with van der Waals surface area (Å²) in [7, 11) is 0. The third-order valence-corrected chi connectivity index (χ3v) is 3.10. The maximum Gasteiger partial charge on any atom is 0.0366 e. The Hall–Kier alpha value is -0.980. The van der Waals surface area contributed by atoms with Gasteiger partial charge in [0.2, 0.25) is 0 Å². The van der Waals surface area contributed by atoms with E-state index in [1.165, 1.54) is 38.0 Å². The highest BCUT2D eigenvalue weighted by Gasteiger charge is 2.21. The largest absolute Gasteiger partial charge is 0.371 e. The van der Waals surface area contributed by atoms with Crippen molar-refractivity contribution >= 4 is 5.69 Å². The lowest BCUT2D eigenvalue weighted by Gasteiger charge is -2.18. The van der Waals surface area contributed by atoms with Crippen molar-refractivity contribution in [2.75, 3.05) is 18.0 Å². The van der Waals surface area contributed by atoms with E-state index < -0.39 is 0 Å². The number of benzene rings is 1. The van der Waals surface area contributed by atoms with Crippen molar-refractivity contribution in [1.29, 1.82) is 0 Å². The van der Waals surface area contributed by atoms with E-state index in [0.717, 1.165) is 5.92 Å². The summed E-state index contributed by atoms with van der Waals surface area (Å²) in [5, 5.41) is 0. The summed E-state index contributed by atoms with van der Waals surface area (Å²) in [5.74, 6) is 0.931. The van der Waals surface area contributed by atoms with Gasteiger partial charge in [-0.2, -0.15) is 0 Å². The lowest BCUT2D eigenvalue weighted by Crippen LogP contribution is -2.19. The number of para-hydroxylation sites is 1. The fraction of sp³-hybridized carbons (Fsp3) is 0.538. The monoisotopic (exact) mass is 189 g/mol. The summed E-state index contributed by atoms with van der Waals surface area (Å²) >= 11 is 0. The van der Waals surface area contributed by atoms with Gasteiger partial charge < -0.3 is 4.90 Å². The van der Waals surface area contributed by atoms with Gasteiger partial charge in [-0.25, -0.2) is 0 Å². The normalized spacial score (nSPS) is 21.5. The molecular formula is C13H19N. The van der Waals surface area contributed by atoms with E-state index in [9.17, 15) is 0 Å². The molecule has 1 atom stereocenters. The van der Waals surface area contributed by atoms with Gasteiger partial charge in [-0.05, 0) is 30.9 Å². The molecule has 1 heteroatoms. The second-order valence-corrected chi connectivity index (χ2v) is 4.22. The lowest BCUT2D eigenvalue weighted by molar-refractivity contribution is 0.530. The fourth-order valence-electron chi connectivity index (χ4n) is 2.35. The average Bonchev–Trinajstić information content (AvgIpc) is 2.68. The van der Waals surface area contributed by atoms with E-state index in [1.807, 2.05) is 0 Å². The zero-order valence-corrected chi connectivity index (χ0v) is 8.95. The van der Waals surface area contributed by atoms with Crippen LogP contribution in [0.2, 0.25) is 0 Å². The Morgan fingerprint density at radius 1 is 1.29 bits per heavy atom. The molecule has 1 aromatic carbocycles. The molecule has 0 radical (unpaired) electrons. The minimum Gasteiger partial charge on any atom is -0.371 e. The van der Waals surface area contributed by atoms with Gasteiger partial charge >= 0.3 is 0 Å². The molecule has 0 aromatic heterocycles. The van der Waals surface area contributed by atoms with Crippen LogP contribution in [0, 0.1) is 5.92 Å². The summed E-state index contributed by atoms with van der Waals surface area (Å²) in [5.41, 5.74) is 1.39. The molecule has 1 unspecified atom stereocenters. The highest BCUT2D eigenvalue weighted by atomic mass is 15.1. The van der Waals surface area contributed by atoms with E-state index in [4.69, 9.17) is 0 Å². The Labute approximate surface area is 86.7 Å². The minimum absolute atomic E-state index is 0.931. The zero-order valence-electron chi connectivity index (χ0n) is 8.95. The predicted molar refractivity (Wildman–Crippen MR) is 61.7 cm³/mol. The third kappa shape index (κ3) is 2.09. The first-order valence-electron chi connectivity index (χ1n) is 5.70. The first kappa shape index (κ1) is 9.57. The smallest absolute Gasteiger partial charge is 0.0366 e. The first-order valence-corrected chi connectivity index (χ1v) is 5.70. The first-order chi connectivity index (χ1) is 6.90. The second-order valence-electron chi connectivity index (χ2n) is 4.22. The molecule has 1 aliphatic rings. The number of nitrogens with zero attached hydrogens (tertiary/aromatic N) is 1. The molecule has 1 heterocycles. The van der Waals surface area contributed by atoms with Crippen LogP contribution in [-0.2, 0) is 0 Å². The number of anilines is 1. The molecule has 0 saturated carbocycles. The van der Waals surface area contributed by atoms with Crippen molar-refractivity contribution < 1.29 is 0 Å². The van der Waals surface area contributed by atoms with Crippen LogP contribution >= 0.6 is 0 Å². The summed E-state index contributed by atoms with van der Waals surface area (Å²) in [6.07, 6.45) is 4.10. The summed E-state index contributed by atoms with van der Waals surface area (Å²) in [6.45, 7) is 4.79. The van der Waals surface area contributed by atoms with Gasteiger partial charge in [-0.3, -0.25) is 0 Å². The maximum absolute atomic E-state index is 2.51. The van der Waals surface area contributed by atoms with Crippen LogP contribution in [0.5, 0.6) is 0 Å². The number of hydrogen-bond donors (Lipinski definition) is 0. The molecular weight excluding hydrogens is 170 g/mol. The Balaban J connectivity index is 1.96. The molecule has 0 amide bonds. The number of hydrogen-bond acceptors (Lipinski definition) is 1.